The molecule has 0 aromatic heterocycles. The lowest BCUT2D eigenvalue weighted by molar-refractivity contribution is -0.143. The minimum Gasteiger partial charge on any atom is -0.356 e. The number of hydrogen-bond donors (Lipinski definition) is 1. The Morgan fingerprint density at radius 2 is 2.20 bits per heavy atom. The number of nitrogens with zero attached hydrogens (tertiary/aromatic N) is 1. The van der Waals surface area contributed by atoms with Crippen LogP contribution in [0.5, 0.6) is 0 Å². The van der Waals surface area contributed by atoms with E-state index >= 15 is 0 Å². The Bertz CT molecular complexity index is 230. The van der Waals surface area contributed by atoms with Gasteiger partial charge in [0.15, 0.2) is 0 Å². The Hall–Kier alpha value is -0.780. The summed E-state index contributed by atoms with van der Waals surface area (Å²) in [6.07, 6.45) is -3.40. The molecule has 0 spiro atoms. The van der Waals surface area contributed by atoms with Gasteiger partial charge in [0, 0.05) is 20.0 Å². The van der Waals surface area contributed by atoms with E-state index in [9.17, 15) is 18.0 Å². The fraction of sp³-hybridized carbons (Fsp3) is 0.889. The molecule has 1 unspecified atom stereocenters. The predicted octanol–water partition coefficient (Wildman–Crippen LogP) is 1.01. The first-order chi connectivity index (χ1) is 6.87. The Labute approximate surface area is 86.6 Å². The molecule has 3 nitrogen and oxygen atoms in total. The lowest BCUT2D eigenvalue weighted by Gasteiger charge is -2.17. The van der Waals surface area contributed by atoms with Crippen LogP contribution in [0.2, 0.25) is 0 Å². The second-order valence-corrected chi connectivity index (χ2v) is 3.94. The third-order valence-electron chi connectivity index (χ3n) is 2.41. The van der Waals surface area contributed by atoms with Crippen LogP contribution >= 0.6 is 0 Å². The lowest BCUT2D eigenvalue weighted by atomic mass is 10.1. The molecule has 1 rings (SSSR count). The highest BCUT2D eigenvalue weighted by atomic mass is 19.4. The molecule has 0 aromatic rings. The summed E-state index contributed by atoms with van der Waals surface area (Å²) in [5.74, 6) is 0.0144. The van der Waals surface area contributed by atoms with E-state index in [2.05, 4.69) is 5.32 Å². The van der Waals surface area contributed by atoms with Crippen LogP contribution in [-0.4, -0.2) is 43.2 Å². The van der Waals surface area contributed by atoms with Crippen molar-refractivity contribution in [3.63, 3.8) is 0 Å². The zero-order chi connectivity index (χ0) is 11.5. The van der Waals surface area contributed by atoms with Gasteiger partial charge in [0.1, 0.15) is 0 Å². The first-order valence-corrected chi connectivity index (χ1v) is 4.90. The standard InChI is InChI=1S/C9H15F3N2O/c1-7(15)13-4-8-2-3-14(5-8)6-9(10,11)12/h8H,2-6H2,1H3,(H,13,15). The summed E-state index contributed by atoms with van der Waals surface area (Å²) in [4.78, 5) is 12.0. The van der Waals surface area contributed by atoms with Crippen molar-refractivity contribution in [2.24, 2.45) is 5.92 Å². The molecule has 0 aliphatic carbocycles. The Morgan fingerprint density at radius 3 is 2.73 bits per heavy atom. The molecular weight excluding hydrogens is 209 g/mol. The number of carbonyl (C=O) groups is 1. The fourth-order valence-electron chi connectivity index (χ4n) is 1.76. The quantitative estimate of drug-likeness (QED) is 0.775. The predicted molar refractivity (Wildman–Crippen MR) is 49.3 cm³/mol. The highest BCUT2D eigenvalue weighted by molar-refractivity contribution is 5.72. The molecule has 88 valence electrons. The number of halogens is 3. The summed E-state index contributed by atoms with van der Waals surface area (Å²) in [6.45, 7) is 1.92. The van der Waals surface area contributed by atoms with E-state index in [4.69, 9.17) is 0 Å². The molecule has 1 saturated heterocycles. The van der Waals surface area contributed by atoms with Gasteiger partial charge in [-0.2, -0.15) is 13.2 Å². The third-order valence-corrected chi connectivity index (χ3v) is 2.41. The second kappa shape index (κ2) is 4.83. The molecule has 0 radical (unpaired) electrons. The van der Waals surface area contributed by atoms with Crippen LogP contribution in [0.3, 0.4) is 0 Å². The molecule has 0 aromatic carbocycles. The van der Waals surface area contributed by atoms with Crippen LogP contribution in [0.15, 0.2) is 0 Å². The normalized spacial score (nSPS) is 23.1. The van der Waals surface area contributed by atoms with Gasteiger partial charge in [-0.25, -0.2) is 0 Å². The van der Waals surface area contributed by atoms with Crippen molar-refractivity contribution in [2.45, 2.75) is 19.5 Å². The maximum Gasteiger partial charge on any atom is 0.401 e. The maximum atomic E-state index is 12.0. The smallest absolute Gasteiger partial charge is 0.356 e. The fourth-order valence-corrected chi connectivity index (χ4v) is 1.76. The van der Waals surface area contributed by atoms with Crippen molar-refractivity contribution in [1.29, 1.82) is 0 Å². The lowest BCUT2D eigenvalue weighted by Crippen LogP contribution is -2.34. The Balaban J connectivity index is 2.24. The average Bonchev–Trinajstić information content (AvgIpc) is 2.45. The van der Waals surface area contributed by atoms with Crippen LogP contribution < -0.4 is 5.32 Å². The van der Waals surface area contributed by atoms with Crippen molar-refractivity contribution in [2.75, 3.05) is 26.2 Å². The van der Waals surface area contributed by atoms with Gasteiger partial charge >= 0.3 is 6.18 Å². The summed E-state index contributed by atoms with van der Waals surface area (Å²) < 4.78 is 36.1. The summed E-state index contributed by atoms with van der Waals surface area (Å²) in [6, 6.07) is 0. The van der Waals surface area contributed by atoms with Crippen LogP contribution in [-0.2, 0) is 4.79 Å². The van der Waals surface area contributed by atoms with Gasteiger partial charge in [-0.1, -0.05) is 0 Å². The van der Waals surface area contributed by atoms with Crippen molar-refractivity contribution < 1.29 is 18.0 Å². The monoisotopic (exact) mass is 224 g/mol. The third kappa shape index (κ3) is 5.01. The number of likely N-dealkylation sites (tertiary alicyclic amines) is 1. The molecule has 6 heteroatoms. The highest BCUT2D eigenvalue weighted by Gasteiger charge is 2.34. The first-order valence-electron chi connectivity index (χ1n) is 4.90. The maximum absolute atomic E-state index is 12.0. The van der Waals surface area contributed by atoms with Crippen LogP contribution in [0.1, 0.15) is 13.3 Å². The zero-order valence-electron chi connectivity index (χ0n) is 8.60. The molecule has 1 amide bonds. The van der Waals surface area contributed by atoms with Crippen LogP contribution in [0.4, 0.5) is 13.2 Å². The van der Waals surface area contributed by atoms with Crippen molar-refractivity contribution in [1.82, 2.24) is 10.2 Å². The molecule has 15 heavy (non-hydrogen) atoms. The van der Waals surface area contributed by atoms with Gasteiger partial charge in [0.2, 0.25) is 5.91 Å². The first kappa shape index (κ1) is 12.3. The average molecular weight is 224 g/mol. The minimum absolute atomic E-state index is 0.135. The summed E-state index contributed by atoms with van der Waals surface area (Å²) >= 11 is 0. The second-order valence-electron chi connectivity index (χ2n) is 3.94. The highest BCUT2D eigenvalue weighted by Crippen LogP contribution is 2.22. The van der Waals surface area contributed by atoms with Gasteiger partial charge in [0.05, 0.1) is 6.54 Å². The van der Waals surface area contributed by atoms with E-state index in [1.165, 1.54) is 11.8 Å². The summed E-state index contributed by atoms with van der Waals surface area (Å²) in [5, 5.41) is 2.62. The molecule has 1 aliphatic heterocycles. The number of alkyl halides is 3. The molecule has 1 atom stereocenters. The largest absolute Gasteiger partial charge is 0.401 e. The van der Waals surface area contributed by atoms with Crippen molar-refractivity contribution >= 4 is 5.91 Å². The summed E-state index contributed by atoms with van der Waals surface area (Å²) in [7, 11) is 0. The van der Waals surface area contributed by atoms with E-state index in [0.717, 1.165) is 6.42 Å². The molecule has 1 aliphatic rings. The van der Waals surface area contributed by atoms with Gasteiger partial charge in [0.25, 0.3) is 0 Å². The van der Waals surface area contributed by atoms with Crippen molar-refractivity contribution in [3.8, 4) is 0 Å². The summed E-state index contributed by atoms with van der Waals surface area (Å²) in [5.41, 5.74) is 0. The van der Waals surface area contributed by atoms with Crippen LogP contribution in [0.25, 0.3) is 0 Å². The molecule has 0 saturated carbocycles. The van der Waals surface area contributed by atoms with Crippen molar-refractivity contribution in [3.05, 3.63) is 0 Å². The number of hydrogen-bond acceptors (Lipinski definition) is 2. The SMILES string of the molecule is CC(=O)NCC1CCN(CC(F)(F)F)C1. The number of amides is 1. The van der Waals surface area contributed by atoms with E-state index < -0.39 is 12.7 Å². The van der Waals surface area contributed by atoms with Gasteiger partial charge in [-0.05, 0) is 18.9 Å². The van der Waals surface area contributed by atoms with E-state index in [1.54, 1.807) is 0 Å². The van der Waals surface area contributed by atoms with E-state index in [1.807, 2.05) is 0 Å². The molecule has 1 N–H and O–H groups in total. The molecular formula is C9H15F3N2O. The molecule has 1 heterocycles. The number of rotatable bonds is 3. The minimum atomic E-state index is -4.12. The number of carbonyl (C=O) groups excluding carboxylic acids is 1. The van der Waals surface area contributed by atoms with E-state index in [0.29, 0.717) is 19.6 Å². The number of nitrogens with one attached hydrogen (secondary N) is 1. The molecule has 0 bridgehead atoms. The van der Waals surface area contributed by atoms with Gasteiger partial charge < -0.3 is 5.32 Å². The van der Waals surface area contributed by atoms with Gasteiger partial charge in [-0.3, -0.25) is 9.69 Å². The topological polar surface area (TPSA) is 32.3 Å². The van der Waals surface area contributed by atoms with Crippen LogP contribution in [0, 0.1) is 5.92 Å². The van der Waals surface area contributed by atoms with Gasteiger partial charge in [-0.15, -0.1) is 0 Å². The zero-order valence-corrected chi connectivity index (χ0v) is 8.60. The van der Waals surface area contributed by atoms with E-state index in [-0.39, 0.29) is 11.8 Å². The molecule has 1 fully saturated rings. The Morgan fingerprint density at radius 1 is 1.53 bits per heavy atom. The Kier molecular flexibility index (Phi) is 3.96.